The second-order valence-electron chi connectivity index (χ2n) is 4.96. The van der Waals surface area contributed by atoms with E-state index >= 15 is 0 Å². The normalized spacial score (nSPS) is 10.6. The molecule has 0 amide bonds. The van der Waals surface area contributed by atoms with Crippen molar-refractivity contribution in [3.8, 4) is 12.3 Å². The number of H-pyrrole nitrogens is 1. The zero-order valence-electron chi connectivity index (χ0n) is 12.3. The van der Waals surface area contributed by atoms with Gasteiger partial charge in [0.2, 0.25) is 0 Å². The van der Waals surface area contributed by atoms with E-state index in [0.29, 0.717) is 18.7 Å². The number of nitrogens with one attached hydrogen (secondary N) is 1. The minimum atomic E-state index is -0.347. The van der Waals surface area contributed by atoms with Gasteiger partial charge in [0.1, 0.15) is 0 Å². The van der Waals surface area contributed by atoms with Crippen LogP contribution in [0.3, 0.4) is 0 Å². The summed E-state index contributed by atoms with van der Waals surface area (Å²) in [4.78, 5) is 16.8. The zero-order valence-corrected chi connectivity index (χ0v) is 12.3. The molecule has 1 heterocycles. The van der Waals surface area contributed by atoms with E-state index in [1.54, 1.807) is 12.1 Å². The molecule has 4 heteroatoms. The van der Waals surface area contributed by atoms with Crippen LogP contribution in [-0.2, 0) is 4.74 Å². The Hall–Kier alpha value is -2.51. The number of aromatic nitrogens is 1. The molecule has 0 atom stereocenters. The molecule has 0 aliphatic heterocycles. The first-order valence-electron chi connectivity index (χ1n) is 6.56. The van der Waals surface area contributed by atoms with E-state index in [1.807, 2.05) is 24.1 Å². The highest BCUT2D eigenvalue weighted by atomic mass is 16.5. The quantitative estimate of drug-likeness (QED) is 0.677. The second-order valence-corrected chi connectivity index (χ2v) is 4.96. The first-order chi connectivity index (χ1) is 10.0. The number of esters is 1. The maximum absolute atomic E-state index is 11.5. The molecule has 21 heavy (non-hydrogen) atoms. The Labute approximate surface area is 124 Å². The number of ether oxygens (including phenoxy) is 1. The van der Waals surface area contributed by atoms with Crippen molar-refractivity contribution < 1.29 is 9.53 Å². The van der Waals surface area contributed by atoms with Crippen LogP contribution in [0.1, 0.15) is 16.1 Å². The Kier molecular flexibility index (Phi) is 4.46. The Balaban J connectivity index is 2.24. The average molecular weight is 282 g/mol. The van der Waals surface area contributed by atoms with Gasteiger partial charge in [-0.3, -0.25) is 4.90 Å². The number of nitrogens with zero attached hydrogens (tertiary/aromatic N) is 1. The number of rotatable bonds is 5. The van der Waals surface area contributed by atoms with Crippen LogP contribution in [-0.4, -0.2) is 43.1 Å². The van der Waals surface area contributed by atoms with Crippen LogP contribution < -0.4 is 0 Å². The van der Waals surface area contributed by atoms with Gasteiger partial charge in [-0.15, -0.1) is 6.42 Å². The molecule has 2 aromatic rings. The Bertz CT molecular complexity index is 722. The van der Waals surface area contributed by atoms with Crippen LogP contribution in [0.4, 0.5) is 0 Å². The monoisotopic (exact) mass is 282 g/mol. The third-order valence-electron chi connectivity index (χ3n) is 3.25. The summed E-state index contributed by atoms with van der Waals surface area (Å²) in [6.07, 6.45) is 5.29. The molecule has 108 valence electrons. The van der Waals surface area contributed by atoms with Crippen LogP contribution in [0.25, 0.3) is 16.5 Å². The number of benzene rings is 1. The van der Waals surface area contributed by atoms with E-state index in [1.165, 1.54) is 7.11 Å². The highest BCUT2D eigenvalue weighted by Crippen LogP contribution is 2.22. The van der Waals surface area contributed by atoms with Gasteiger partial charge in [-0.25, -0.2) is 4.79 Å². The topological polar surface area (TPSA) is 45.3 Å². The van der Waals surface area contributed by atoms with Crippen LogP contribution in [0.15, 0.2) is 30.8 Å². The molecule has 1 aromatic heterocycles. The van der Waals surface area contributed by atoms with E-state index in [2.05, 4.69) is 17.5 Å². The number of terminal acetylenes is 1. The van der Waals surface area contributed by atoms with Crippen molar-refractivity contribution in [3.05, 3.63) is 42.1 Å². The van der Waals surface area contributed by atoms with Crippen LogP contribution in [0.5, 0.6) is 0 Å². The van der Waals surface area contributed by atoms with Crippen molar-refractivity contribution >= 4 is 22.4 Å². The molecular weight excluding hydrogens is 264 g/mol. The molecule has 0 saturated carbocycles. The Morgan fingerprint density at radius 1 is 1.48 bits per heavy atom. The van der Waals surface area contributed by atoms with Crippen LogP contribution in [0.2, 0.25) is 0 Å². The molecular formula is C17H18N2O2. The van der Waals surface area contributed by atoms with E-state index in [0.717, 1.165) is 22.2 Å². The zero-order chi connectivity index (χ0) is 15.4. The van der Waals surface area contributed by atoms with Crippen LogP contribution >= 0.6 is 0 Å². The number of hydrogen-bond donors (Lipinski definition) is 1. The number of likely N-dealkylation sites (N-methyl/N-ethyl adjacent to an activating group) is 1. The molecule has 0 unspecified atom stereocenters. The minimum absolute atomic E-state index is 0.347. The van der Waals surface area contributed by atoms with Crippen LogP contribution in [0, 0.1) is 12.3 Å². The lowest BCUT2D eigenvalue weighted by atomic mass is 10.1. The summed E-state index contributed by atoms with van der Waals surface area (Å²) in [5, 5.41) is 1.03. The van der Waals surface area contributed by atoms with Gasteiger partial charge in [0.25, 0.3) is 0 Å². The molecule has 0 aliphatic carbocycles. The second kappa shape index (κ2) is 6.29. The highest BCUT2D eigenvalue weighted by Gasteiger charge is 2.10. The van der Waals surface area contributed by atoms with E-state index in [-0.39, 0.29) is 5.97 Å². The van der Waals surface area contributed by atoms with Crippen molar-refractivity contribution in [2.75, 3.05) is 27.2 Å². The van der Waals surface area contributed by atoms with Gasteiger partial charge in [-0.1, -0.05) is 18.6 Å². The molecule has 0 saturated heterocycles. The summed E-state index contributed by atoms with van der Waals surface area (Å²) >= 11 is 0. The number of fused-ring (bicyclic) bond motifs is 1. The first-order valence-corrected chi connectivity index (χ1v) is 6.56. The maximum Gasteiger partial charge on any atom is 0.337 e. The lowest BCUT2D eigenvalue weighted by Gasteiger charge is -2.14. The molecule has 0 radical (unpaired) electrons. The molecule has 2 rings (SSSR count). The summed E-state index contributed by atoms with van der Waals surface area (Å²) < 4.78 is 4.72. The van der Waals surface area contributed by atoms with E-state index < -0.39 is 0 Å². The predicted molar refractivity (Wildman–Crippen MR) is 85.0 cm³/mol. The standard InChI is InChI=1S/C17H18N2O2/c1-5-8-19(3)11-12(2)15-9-13-6-7-14(17(20)21-4)10-16(13)18-15/h1,6-7,9-10,18H,2,8,11H2,3-4H3. The number of hydrogen-bond acceptors (Lipinski definition) is 3. The fourth-order valence-electron chi connectivity index (χ4n) is 2.19. The molecule has 1 aromatic carbocycles. The van der Waals surface area contributed by atoms with Gasteiger partial charge < -0.3 is 9.72 Å². The molecule has 0 spiro atoms. The fourth-order valence-corrected chi connectivity index (χ4v) is 2.19. The molecule has 0 aliphatic rings. The summed E-state index contributed by atoms with van der Waals surface area (Å²) in [5.74, 6) is 2.25. The molecule has 0 fully saturated rings. The third-order valence-corrected chi connectivity index (χ3v) is 3.25. The molecule has 0 bridgehead atoms. The first kappa shape index (κ1) is 14.9. The van der Waals surface area contributed by atoms with Gasteiger partial charge in [0.15, 0.2) is 0 Å². The van der Waals surface area contributed by atoms with Gasteiger partial charge in [-0.05, 0) is 30.8 Å². The largest absolute Gasteiger partial charge is 0.465 e. The van der Waals surface area contributed by atoms with E-state index in [9.17, 15) is 4.79 Å². The Morgan fingerprint density at radius 2 is 2.24 bits per heavy atom. The highest BCUT2D eigenvalue weighted by molar-refractivity contribution is 5.95. The van der Waals surface area contributed by atoms with Crippen molar-refractivity contribution in [2.45, 2.75) is 0 Å². The molecule has 1 N–H and O–H groups in total. The number of carbonyl (C=O) groups is 1. The summed E-state index contributed by atoms with van der Waals surface area (Å²) in [6.45, 7) is 5.34. The lowest BCUT2D eigenvalue weighted by Crippen LogP contribution is -2.20. The summed E-state index contributed by atoms with van der Waals surface area (Å²) in [7, 11) is 3.32. The third kappa shape index (κ3) is 3.33. The van der Waals surface area contributed by atoms with E-state index in [4.69, 9.17) is 11.2 Å². The number of methoxy groups -OCH3 is 1. The summed E-state index contributed by atoms with van der Waals surface area (Å²) in [6, 6.07) is 7.44. The van der Waals surface area contributed by atoms with Crippen molar-refractivity contribution in [2.24, 2.45) is 0 Å². The van der Waals surface area contributed by atoms with Gasteiger partial charge in [0.05, 0.1) is 19.2 Å². The van der Waals surface area contributed by atoms with Crippen molar-refractivity contribution in [1.29, 1.82) is 0 Å². The molecule has 4 nitrogen and oxygen atoms in total. The maximum atomic E-state index is 11.5. The smallest absolute Gasteiger partial charge is 0.337 e. The average Bonchev–Trinajstić information content (AvgIpc) is 2.89. The Morgan fingerprint density at radius 3 is 2.90 bits per heavy atom. The lowest BCUT2D eigenvalue weighted by molar-refractivity contribution is 0.0601. The van der Waals surface area contributed by atoms with Crippen molar-refractivity contribution in [1.82, 2.24) is 9.88 Å². The number of carbonyl (C=O) groups excluding carboxylic acids is 1. The predicted octanol–water partition coefficient (Wildman–Crippen LogP) is 2.53. The van der Waals surface area contributed by atoms with Gasteiger partial charge in [0, 0.05) is 23.1 Å². The minimum Gasteiger partial charge on any atom is -0.465 e. The van der Waals surface area contributed by atoms with Gasteiger partial charge in [-0.2, -0.15) is 0 Å². The van der Waals surface area contributed by atoms with Gasteiger partial charge >= 0.3 is 5.97 Å². The SMILES string of the molecule is C#CCN(C)CC(=C)c1cc2ccc(C(=O)OC)cc2[nH]1. The van der Waals surface area contributed by atoms with Crippen molar-refractivity contribution in [3.63, 3.8) is 0 Å². The fraction of sp³-hybridized carbons (Fsp3) is 0.235. The summed E-state index contributed by atoms with van der Waals surface area (Å²) in [5.41, 5.74) is 3.29. The number of aromatic amines is 1.